The second kappa shape index (κ2) is 6.09. The normalized spacial score (nSPS) is 16.6. The SMILES string of the molecule is O=C(NC1CCCCC1)c1ncc(Cl)c(Cl)c1Cl. The van der Waals surface area contributed by atoms with Crippen molar-refractivity contribution in [3.05, 3.63) is 27.0 Å². The van der Waals surface area contributed by atoms with Crippen LogP contribution in [-0.2, 0) is 0 Å². The standard InChI is InChI=1S/C12H13Cl3N2O/c13-8-6-16-11(10(15)9(8)14)12(18)17-7-4-2-1-3-5-7/h6-7H,1-5H2,(H,17,18). The highest BCUT2D eigenvalue weighted by atomic mass is 35.5. The molecule has 0 aliphatic heterocycles. The highest BCUT2D eigenvalue weighted by Gasteiger charge is 2.21. The van der Waals surface area contributed by atoms with Gasteiger partial charge in [0.25, 0.3) is 5.91 Å². The van der Waals surface area contributed by atoms with Crippen molar-refractivity contribution in [3.8, 4) is 0 Å². The van der Waals surface area contributed by atoms with Crippen LogP contribution in [0.4, 0.5) is 0 Å². The Morgan fingerprint density at radius 1 is 1.17 bits per heavy atom. The quantitative estimate of drug-likeness (QED) is 0.893. The lowest BCUT2D eigenvalue weighted by atomic mass is 9.95. The van der Waals surface area contributed by atoms with Gasteiger partial charge in [-0.05, 0) is 12.8 Å². The number of halogens is 3. The van der Waals surface area contributed by atoms with Crippen molar-refractivity contribution in [3.63, 3.8) is 0 Å². The summed E-state index contributed by atoms with van der Waals surface area (Å²) in [7, 11) is 0. The van der Waals surface area contributed by atoms with E-state index in [4.69, 9.17) is 34.8 Å². The molecule has 1 aromatic rings. The fraction of sp³-hybridized carbons (Fsp3) is 0.500. The van der Waals surface area contributed by atoms with Crippen molar-refractivity contribution in [2.24, 2.45) is 0 Å². The molecule has 0 atom stereocenters. The van der Waals surface area contributed by atoms with Gasteiger partial charge >= 0.3 is 0 Å². The van der Waals surface area contributed by atoms with Crippen molar-refractivity contribution < 1.29 is 4.79 Å². The van der Waals surface area contributed by atoms with E-state index in [1.807, 2.05) is 0 Å². The molecule has 0 unspecified atom stereocenters. The maximum atomic E-state index is 12.0. The fourth-order valence-corrected chi connectivity index (χ4v) is 2.67. The molecule has 6 heteroatoms. The van der Waals surface area contributed by atoms with E-state index in [0.29, 0.717) is 0 Å². The molecule has 2 rings (SSSR count). The van der Waals surface area contributed by atoms with Crippen LogP contribution >= 0.6 is 34.8 Å². The molecule has 1 heterocycles. The fourth-order valence-electron chi connectivity index (χ4n) is 2.10. The van der Waals surface area contributed by atoms with Gasteiger partial charge in [-0.25, -0.2) is 4.98 Å². The Kier molecular flexibility index (Phi) is 4.71. The van der Waals surface area contributed by atoms with Crippen LogP contribution in [0, 0.1) is 0 Å². The van der Waals surface area contributed by atoms with Crippen LogP contribution in [0.1, 0.15) is 42.6 Å². The van der Waals surface area contributed by atoms with E-state index in [0.717, 1.165) is 25.7 Å². The largest absolute Gasteiger partial charge is 0.348 e. The number of aromatic nitrogens is 1. The van der Waals surface area contributed by atoms with Crippen LogP contribution in [0.25, 0.3) is 0 Å². The smallest absolute Gasteiger partial charge is 0.271 e. The van der Waals surface area contributed by atoms with E-state index in [2.05, 4.69) is 10.3 Å². The zero-order valence-corrected chi connectivity index (χ0v) is 11.9. The predicted octanol–water partition coefficient (Wildman–Crippen LogP) is 4.10. The van der Waals surface area contributed by atoms with Crippen LogP contribution in [0.5, 0.6) is 0 Å². The molecule has 1 aliphatic rings. The Hall–Kier alpha value is -0.510. The Morgan fingerprint density at radius 3 is 2.50 bits per heavy atom. The van der Waals surface area contributed by atoms with E-state index in [9.17, 15) is 4.79 Å². The van der Waals surface area contributed by atoms with Gasteiger partial charge in [-0.3, -0.25) is 4.79 Å². The Labute approximate surface area is 121 Å². The van der Waals surface area contributed by atoms with Crippen molar-refractivity contribution in [1.82, 2.24) is 10.3 Å². The summed E-state index contributed by atoms with van der Waals surface area (Å²) in [6.45, 7) is 0. The van der Waals surface area contributed by atoms with E-state index < -0.39 is 0 Å². The number of carbonyl (C=O) groups is 1. The second-order valence-corrected chi connectivity index (χ2v) is 5.55. The minimum Gasteiger partial charge on any atom is -0.348 e. The lowest BCUT2D eigenvalue weighted by molar-refractivity contribution is 0.0923. The number of nitrogens with one attached hydrogen (secondary N) is 1. The van der Waals surface area contributed by atoms with Crippen LogP contribution in [0.15, 0.2) is 6.20 Å². The van der Waals surface area contributed by atoms with Gasteiger partial charge in [-0.2, -0.15) is 0 Å². The number of hydrogen-bond donors (Lipinski definition) is 1. The Bertz CT molecular complexity index is 459. The van der Waals surface area contributed by atoms with Gasteiger partial charge in [0.2, 0.25) is 0 Å². The van der Waals surface area contributed by atoms with Gasteiger partial charge in [0.05, 0.1) is 15.1 Å². The van der Waals surface area contributed by atoms with Gasteiger partial charge in [0, 0.05) is 12.2 Å². The molecule has 0 aromatic carbocycles. The Morgan fingerprint density at radius 2 is 1.83 bits per heavy atom. The summed E-state index contributed by atoms with van der Waals surface area (Å²) in [6, 6.07) is 0.207. The minimum atomic E-state index is -0.287. The second-order valence-electron chi connectivity index (χ2n) is 4.39. The summed E-state index contributed by atoms with van der Waals surface area (Å²) in [5, 5.41) is 3.46. The first-order valence-corrected chi connectivity index (χ1v) is 7.03. The van der Waals surface area contributed by atoms with E-state index in [1.54, 1.807) is 0 Å². The molecule has 1 N–H and O–H groups in total. The van der Waals surface area contributed by atoms with Gasteiger partial charge < -0.3 is 5.32 Å². The number of amides is 1. The predicted molar refractivity (Wildman–Crippen MR) is 73.6 cm³/mol. The highest BCUT2D eigenvalue weighted by molar-refractivity contribution is 6.48. The van der Waals surface area contributed by atoms with Crippen molar-refractivity contribution in [2.75, 3.05) is 0 Å². The maximum Gasteiger partial charge on any atom is 0.271 e. The summed E-state index contributed by atoms with van der Waals surface area (Å²) in [4.78, 5) is 16.0. The van der Waals surface area contributed by atoms with Gasteiger partial charge in [-0.1, -0.05) is 54.1 Å². The van der Waals surface area contributed by atoms with Gasteiger partial charge in [0.15, 0.2) is 0 Å². The molecule has 1 aliphatic carbocycles. The third-order valence-electron chi connectivity index (χ3n) is 3.07. The number of hydrogen-bond acceptors (Lipinski definition) is 2. The summed E-state index contributed by atoms with van der Waals surface area (Å²) < 4.78 is 0. The molecule has 3 nitrogen and oxygen atoms in total. The molecule has 1 aromatic heterocycles. The van der Waals surface area contributed by atoms with E-state index in [1.165, 1.54) is 12.6 Å². The average Bonchev–Trinajstić information content (AvgIpc) is 2.37. The third kappa shape index (κ3) is 3.08. The van der Waals surface area contributed by atoms with Gasteiger partial charge in [-0.15, -0.1) is 0 Å². The molecule has 0 spiro atoms. The van der Waals surface area contributed by atoms with Gasteiger partial charge in [0.1, 0.15) is 5.69 Å². The van der Waals surface area contributed by atoms with E-state index in [-0.39, 0.29) is 32.7 Å². The molecule has 0 saturated heterocycles. The van der Waals surface area contributed by atoms with Crippen molar-refractivity contribution in [2.45, 2.75) is 38.1 Å². The van der Waals surface area contributed by atoms with Crippen molar-refractivity contribution in [1.29, 1.82) is 0 Å². The number of rotatable bonds is 2. The van der Waals surface area contributed by atoms with Crippen molar-refractivity contribution >= 4 is 40.7 Å². The summed E-state index contributed by atoms with van der Waals surface area (Å²) in [5.41, 5.74) is 0.136. The summed E-state index contributed by atoms with van der Waals surface area (Å²) in [6.07, 6.45) is 6.88. The topological polar surface area (TPSA) is 42.0 Å². The minimum absolute atomic E-state index is 0.109. The number of pyridine rings is 1. The molecule has 1 amide bonds. The van der Waals surface area contributed by atoms with Crippen LogP contribution in [-0.4, -0.2) is 16.9 Å². The summed E-state index contributed by atoms with van der Waals surface area (Å²) >= 11 is 17.6. The molecular weight excluding hydrogens is 295 g/mol. The van der Waals surface area contributed by atoms with Crippen LogP contribution in [0.3, 0.4) is 0 Å². The lowest BCUT2D eigenvalue weighted by Gasteiger charge is -2.22. The Balaban J connectivity index is 2.11. The molecule has 0 bridgehead atoms. The monoisotopic (exact) mass is 306 g/mol. The molecule has 1 saturated carbocycles. The van der Waals surface area contributed by atoms with E-state index >= 15 is 0 Å². The third-order valence-corrected chi connectivity index (χ3v) is 4.31. The summed E-state index contributed by atoms with van der Waals surface area (Å²) in [5.74, 6) is -0.287. The lowest BCUT2D eigenvalue weighted by Crippen LogP contribution is -2.36. The van der Waals surface area contributed by atoms with Crippen LogP contribution in [0.2, 0.25) is 15.1 Å². The zero-order valence-electron chi connectivity index (χ0n) is 9.68. The average molecular weight is 308 g/mol. The zero-order chi connectivity index (χ0) is 13.1. The maximum absolute atomic E-state index is 12.0. The van der Waals surface area contributed by atoms with Crippen LogP contribution < -0.4 is 5.32 Å². The molecule has 1 fully saturated rings. The first-order chi connectivity index (χ1) is 8.59. The first kappa shape index (κ1) is 13.9. The molecule has 98 valence electrons. The number of carbonyl (C=O) groups excluding carboxylic acids is 1. The molecule has 18 heavy (non-hydrogen) atoms. The molecule has 0 radical (unpaired) electrons. The number of nitrogens with zero attached hydrogens (tertiary/aromatic N) is 1. The highest BCUT2D eigenvalue weighted by Crippen LogP contribution is 2.31. The first-order valence-electron chi connectivity index (χ1n) is 5.90. The molecular formula is C12H13Cl3N2O.